The molecule has 100 valence electrons. The molecule has 18 heavy (non-hydrogen) atoms. The van der Waals surface area contributed by atoms with Crippen LogP contribution >= 0.6 is 0 Å². The van der Waals surface area contributed by atoms with Crippen LogP contribution in [0.15, 0.2) is 30.3 Å². The Bertz CT molecular complexity index is 343. The van der Waals surface area contributed by atoms with Crippen LogP contribution in [0.25, 0.3) is 0 Å². The van der Waals surface area contributed by atoms with Gasteiger partial charge in [0.05, 0.1) is 0 Å². The van der Waals surface area contributed by atoms with E-state index in [0.29, 0.717) is 13.2 Å². The second kappa shape index (κ2) is 6.47. The number of rotatable bonds is 6. The molecule has 0 amide bonds. The predicted octanol–water partition coefficient (Wildman–Crippen LogP) is 2.13. The molecule has 3 nitrogen and oxygen atoms in total. The molecule has 4 heteroatoms. The zero-order valence-electron chi connectivity index (χ0n) is 11.2. The number of hydrogen-bond acceptors (Lipinski definition) is 3. The molecule has 1 saturated heterocycles. The summed E-state index contributed by atoms with van der Waals surface area (Å²) in [5, 5.41) is 1.18. The third-order valence-electron chi connectivity index (χ3n) is 3.25. The van der Waals surface area contributed by atoms with Gasteiger partial charge in [-0.05, 0) is 31.9 Å². The van der Waals surface area contributed by atoms with Gasteiger partial charge in [-0.25, -0.2) is 0 Å². The van der Waals surface area contributed by atoms with Gasteiger partial charge in [-0.3, -0.25) is 0 Å². The molecule has 0 aliphatic carbocycles. The highest BCUT2D eigenvalue weighted by atomic mass is 28.4. The smallest absolute Gasteiger partial charge is 0.390 e. The lowest BCUT2D eigenvalue weighted by Gasteiger charge is -2.34. The normalized spacial score (nSPS) is 20.2. The summed E-state index contributed by atoms with van der Waals surface area (Å²) < 4.78 is 18.2. The standard InChI is InChI=1S/C14H22O3Si/c1-3-16-18(17-4-2,14-11-8-12-15-14)13-9-6-5-7-10-13/h5-7,9-10,14H,3-4,8,11-12H2,1-2H3. The molecule has 1 unspecified atom stereocenters. The van der Waals surface area contributed by atoms with Crippen molar-refractivity contribution in [1.29, 1.82) is 0 Å². The molecule has 0 bridgehead atoms. The first kappa shape index (κ1) is 13.7. The first-order valence-corrected chi connectivity index (χ1v) is 8.68. The van der Waals surface area contributed by atoms with Gasteiger partial charge in [-0.1, -0.05) is 30.3 Å². The van der Waals surface area contributed by atoms with E-state index in [1.165, 1.54) is 5.19 Å². The molecule has 1 aromatic carbocycles. The van der Waals surface area contributed by atoms with Crippen LogP contribution in [-0.2, 0) is 13.6 Å². The maximum atomic E-state index is 6.13. The Morgan fingerprint density at radius 1 is 1.17 bits per heavy atom. The van der Waals surface area contributed by atoms with Gasteiger partial charge in [0.25, 0.3) is 0 Å². The van der Waals surface area contributed by atoms with Crippen LogP contribution in [0.5, 0.6) is 0 Å². The van der Waals surface area contributed by atoms with Gasteiger partial charge in [0, 0.05) is 19.8 Å². The molecule has 1 aliphatic heterocycles. The number of hydrogen-bond donors (Lipinski definition) is 0. The van der Waals surface area contributed by atoms with E-state index in [9.17, 15) is 0 Å². The van der Waals surface area contributed by atoms with E-state index >= 15 is 0 Å². The fourth-order valence-corrected chi connectivity index (χ4v) is 6.15. The van der Waals surface area contributed by atoms with Crippen LogP contribution in [0.2, 0.25) is 0 Å². The van der Waals surface area contributed by atoms with Crippen molar-refractivity contribution in [2.45, 2.75) is 32.4 Å². The second-order valence-electron chi connectivity index (χ2n) is 4.40. The van der Waals surface area contributed by atoms with Crippen molar-refractivity contribution in [1.82, 2.24) is 0 Å². The van der Waals surface area contributed by atoms with Crippen LogP contribution in [0.3, 0.4) is 0 Å². The Morgan fingerprint density at radius 3 is 2.33 bits per heavy atom. The van der Waals surface area contributed by atoms with Crippen LogP contribution in [0.1, 0.15) is 26.7 Å². The van der Waals surface area contributed by atoms with Gasteiger partial charge >= 0.3 is 8.56 Å². The molecule has 1 heterocycles. The SMILES string of the molecule is CCO[Si](OCC)(c1ccccc1)C1CCCO1. The summed E-state index contributed by atoms with van der Waals surface area (Å²) >= 11 is 0. The lowest BCUT2D eigenvalue weighted by Crippen LogP contribution is -2.62. The Hall–Kier alpha value is -0.683. The summed E-state index contributed by atoms with van der Waals surface area (Å²) in [4.78, 5) is 0. The molecule has 1 atom stereocenters. The summed E-state index contributed by atoms with van der Waals surface area (Å²) in [7, 11) is -2.46. The molecule has 0 radical (unpaired) electrons. The van der Waals surface area contributed by atoms with Crippen molar-refractivity contribution in [3.63, 3.8) is 0 Å². The third-order valence-corrected chi connectivity index (χ3v) is 7.12. The van der Waals surface area contributed by atoms with Crippen molar-refractivity contribution in [3.05, 3.63) is 30.3 Å². The summed E-state index contributed by atoms with van der Waals surface area (Å²) in [6, 6.07) is 10.3. The van der Waals surface area contributed by atoms with Crippen LogP contribution in [0, 0.1) is 0 Å². The van der Waals surface area contributed by atoms with Crippen LogP contribution in [-0.4, -0.2) is 34.1 Å². The molecular weight excluding hydrogens is 244 g/mol. The van der Waals surface area contributed by atoms with Gasteiger partial charge < -0.3 is 13.6 Å². The predicted molar refractivity (Wildman–Crippen MR) is 74.1 cm³/mol. The fraction of sp³-hybridized carbons (Fsp3) is 0.571. The molecular formula is C14H22O3Si. The Kier molecular flexibility index (Phi) is 4.94. The summed E-state index contributed by atoms with van der Waals surface area (Å²) in [6.45, 7) is 6.21. The van der Waals surface area contributed by atoms with Crippen molar-refractivity contribution in [3.8, 4) is 0 Å². The van der Waals surface area contributed by atoms with Gasteiger partial charge in [0.2, 0.25) is 0 Å². The quantitative estimate of drug-likeness (QED) is 0.738. The molecule has 1 fully saturated rings. The van der Waals surface area contributed by atoms with Crippen LogP contribution < -0.4 is 5.19 Å². The second-order valence-corrected chi connectivity index (χ2v) is 7.53. The summed E-state index contributed by atoms with van der Waals surface area (Å²) in [5.41, 5.74) is 0.125. The third kappa shape index (κ3) is 2.67. The van der Waals surface area contributed by atoms with Gasteiger partial charge in [0.15, 0.2) is 0 Å². The van der Waals surface area contributed by atoms with Crippen molar-refractivity contribution < 1.29 is 13.6 Å². The lowest BCUT2D eigenvalue weighted by atomic mass is 10.4. The van der Waals surface area contributed by atoms with Crippen molar-refractivity contribution in [2.24, 2.45) is 0 Å². The molecule has 0 spiro atoms. The molecule has 2 rings (SSSR count). The summed E-state index contributed by atoms with van der Waals surface area (Å²) in [5.74, 6) is 0. The van der Waals surface area contributed by atoms with Crippen molar-refractivity contribution in [2.75, 3.05) is 19.8 Å². The zero-order chi connectivity index (χ0) is 12.8. The first-order valence-electron chi connectivity index (χ1n) is 6.78. The number of benzene rings is 1. The molecule has 1 aliphatic rings. The summed E-state index contributed by atoms with van der Waals surface area (Å²) in [6.07, 6.45) is 2.15. The van der Waals surface area contributed by atoms with E-state index in [1.54, 1.807) is 0 Å². The Labute approximate surface area is 110 Å². The van der Waals surface area contributed by atoms with Gasteiger partial charge in [-0.15, -0.1) is 0 Å². The van der Waals surface area contributed by atoms with E-state index in [4.69, 9.17) is 13.6 Å². The average molecular weight is 266 g/mol. The fourth-order valence-electron chi connectivity index (χ4n) is 2.56. The maximum absolute atomic E-state index is 6.13. The number of ether oxygens (including phenoxy) is 1. The molecule has 1 aromatic rings. The lowest BCUT2D eigenvalue weighted by molar-refractivity contribution is 0.0924. The highest BCUT2D eigenvalue weighted by Gasteiger charge is 2.50. The minimum Gasteiger partial charge on any atom is -0.390 e. The Morgan fingerprint density at radius 2 is 1.83 bits per heavy atom. The van der Waals surface area contributed by atoms with Crippen molar-refractivity contribution >= 4 is 13.7 Å². The topological polar surface area (TPSA) is 27.7 Å². The van der Waals surface area contributed by atoms with Gasteiger partial charge in [0.1, 0.15) is 5.73 Å². The maximum Gasteiger partial charge on any atom is 0.402 e. The van der Waals surface area contributed by atoms with E-state index < -0.39 is 8.56 Å². The highest BCUT2D eigenvalue weighted by molar-refractivity contribution is 6.82. The van der Waals surface area contributed by atoms with Crippen LogP contribution in [0.4, 0.5) is 0 Å². The van der Waals surface area contributed by atoms with E-state index in [0.717, 1.165) is 19.4 Å². The molecule has 0 aromatic heterocycles. The first-order chi connectivity index (χ1) is 8.83. The molecule has 0 saturated carbocycles. The highest BCUT2D eigenvalue weighted by Crippen LogP contribution is 2.25. The van der Waals surface area contributed by atoms with Gasteiger partial charge in [-0.2, -0.15) is 0 Å². The van der Waals surface area contributed by atoms with E-state index in [2.05, 4.69) is 12.1 Å². The minimum absolute atomic E-state index is 0.125. The largest absolute Gasteiger partial charge is 0.402 e. The monoisotopic (exact) mass is 266 g/mol. The molecule has 0 N–H and O–H groups in total. The average Bonchev–Trinajstić information content (AvgIpc) is 2.94. The van der Waals surface area contributed by atoms with E-state index in [-0.39, 0.29) is 5.73 Å². The zero-order valence-corrected chi connectivity index (χ0v) is 12.2. The Balaban J connectivity index is 2.35. The minimum atomic E-state index is -2.46. The van der Waals surface area contributed by atoms with E-state index in [1.807, 2.05) is 32.0 Å².